The van der Waals surface area contributed by atoms with E-state index < -0.39 is 17.0 Å². The molecule has 0 atom stereocenters. The van der Waals surface area contributed by atoms with Crippen molar-refractivity contribution in [3.63, 3.8) is 0 Å². The maximum atomic E-state index is 9.33. The van der Waals surface area contributed by atoms with E-state index in [1.165, 1.54) is 6.92 Å². The van der Waals surface area contributed by atoms with Crippen LogP contribution in [0.4, 0.5) is 0 Å². The topological polar surface area (TPSA) is 17.1 Å². The Balaban J connectivity index is 0. The number of halogens is 2. The molecule has 7 heavy (non-hydrogen) atoms. The van der Waals surface area contributed by atoms with Gasteiger partial charge in [0.05, 0.1) is 0 Å². The molecule has 0 N–H and O–H groups in total. The first-order valence-corrected chi connectivity index (χ1v) is 5.73. The van der Waals surface area contributed by atoms with E-state index in [-0.39, 0.29) is 5.78 Å². The summed E-state index contributed by atoms with van der Waals surface area (Å²) >= 11 is -0.556. The van der Waals surface area contributed by atoms with Crippen LogP contribution in [0.2, 0.25) is 0 Å². The molecule has 0 aliphatic rings. The molecule has 0 aliphatic carbocycles. The van der Waals surface area contributed by atoms with Gasteiger partial charge in [0.1, 0.15) is 0 Å². The molecule has 4 heteroatoms. The van der Waals surface area contributed by atoms with Gasteiger partial charge in [-0.05, 0) is 12.7 Å². The molecule has 0 aliphatic heterocycles. The molecule has 42 valence electrons. The summed E-state index contributed by atoms with van der Waals surface area (Å²) in [6, 6.07) is 0. The van der Waals surface area contributed by atoms with Crippen molar-refractivity contribution in [2.24, 2.45) is 0 Å². The number of carbonyl (C=O) groups is 1. The molecule has 0 unspecified atom stereocenters. The molecule has 0 rings (SSSR count). The summed E-state index contributed by atoms with van der Waals surface area (Å²) in [4.78, 5) is 9.33. The fourth-order valence-electron chi connectivity index (χ4n) is 0. The first-order valence-electron chi connectivity index (χ1n) is 1.44. The first kappa shape index (κ1) is 10.8. The third-order valence-corrected chi connectivity index (χ3v) is 0. The molecule has 0 aromatic rings. The van der Waals surface area contributed by atoms with Crippen molar-refractivity contribution in [1.29, 1.82) is 0 Å². The third kappa shape index (κ3) is 229. The van der Waals surface area contributed by atoms with Crippen molar-refractivity contribution in [2.75, 3.05) is 0 Å². The molecule has 0 aromatic heterocycles. The van der Waals surface area contributed by atoms with Gasteiger partial charge >= 0.3 is 35.6 Å². The van der Waals surface area contributed by atoms with Crippen LogP contribution < -0.4 is 0 Å². The Morgan fingerprint density at radius 2 is 1.71 bits per heavy atom. The van der Waals surface area contributed by atoms with Crippen LogP contribution in [0.15, 0.2) is 0 Å². The van der Waals surface area contributed by atoms with E-state index >= 15 is 0 Å². The van der Waals surface area contributed by atoms with Gasteiger partial charge in [-0.1, -0.05) is 0 Å². The van der Waals surface area contributed by atoms with Gasteiger partial charge in [-0.15, -0.1) is 0 Å². The number of hydrogen-bond donors (Lipinski definition) is 0. The molecular weight excluding hydrogens is 171 g/mol. The Morgan fingerprint density at radius 3 is 1.71 bits per heavy atom. The number of ketones is 1. The number of hydrogen-bond acceptors (Lipinski definition) is 1. The molecule has 0 amide bonds. The summed E-state index contributed by atoms with van der Waals surface area (Å²) in [5, 5.41) is 0. The van der Waals surface area contributed by atoms with Gasteiger partial charge in [-0.2, -0.15) is 0 Å². The van der Waals surface area contributed by atoms with Gasteiger partial charge in [-0.25, -0.2) is 0 Å². The number of Topliss-reactive ketones (excluding diaryl/α,β-unsaturated/α-hetero) is 1. The molecule has 0 heterocycles. The van der Waals surface area contributed by atoms with Crippen LogP contribution in [-0.2, 0) is 21.8 Å². The standard InChI is InChI=1S/C3H5O.2ClH.Ti/c1-3(2)4;;;/h1H2,2H3;2*1H;/q-1;;;+2/p-2. The first-order chi connectivity index (χ1) is 3.15. The van der Waals surface area contributed by atoms with Gasteiger partial charge in [-0.3, -0.25) is 0 Å². The molecule has 0 spiro atoms. The van der Waals surface area contributed by atoms with E-state index in [1.54, 1.807) is 0 Å². The van der Waals surface area contributed by atoms with Crippen LogP contribution in [-0.4, -0.2) is 5.78 Å². The zero-order valence-electron chi connectivity index (χ0n) is 3.87. The molecule has 1 nitrogen and oxygen atoms in total. The normalized spacial score (nSPS) is 5.57. The summed E-state index contributed by atoms with van der Waals surface area (Å²) in [7, 11) is 9.78. The zero-order valence-corrected chi connectivity index (χ0v) is 6.94. The summed E-state index contributed by atoms with van der Waals surface area (Å²) < 4.78 is 0. The number of rotatable bonds is 0. The summed E-state index contributed by atoms with van der Waals surface area (Å²) in [6.07, 6.45) is 0. The summed E-state index contributed by atoms with van der Waals surface area (Å²) in [6.45, 7) is 4.42. The summed E-state index contributed by atoms with van der Waals surface area (Å²) in [5.41, 5.74) is 0. The van der Waals surface area contributed by atoms with E-state index in [4.69, 9.17) is 18.6 Å². The van der Waals surface area contributed by atoms with Crippen molar-refractivity contribution in [1.82, 2.24) is 0 Å². The molecule has 0 radical (unpaired) electrons. The van der Waals surface area contributed by atoms with E-state index in [0.29, 0.717) is 0 Å². The van der Waals surface area contributed by atoms with Crippen LogP contribution in [0.25, 0.3) is 0 Å². The van der Waals surface area contributed by atoms with Crippen LogP contribution in [0, 0.1) is 6.92 Å². The van der Waals surface area contributed by atoms with E-state index in [0.717, 1.165) is 0 Å². The van der Waals surface area contributed by atoms with E-state index in [2.05, 4.69) is 6.92 Å². The number of carbonyl (C=O) groups excluding carboxylic acids is 1. The molecule has 0 saturated heterocycles. The SMILES string of the molecule is [CH2-]C(C)=O.[Cl][Ti][Cl]. The predicted molar refractivity (Wildman–Crippen MR) is 27.7 cm³/mol. The minimum absolute atomic E-state index is 0.0833. The van der Waals surface area contributed by atoms with E-state index in [9.17, 15) is 4.79 Å². The van der Waals surface area contributed by atoms with Gasteiger partial charge < -0.3 is 11.7 Å². The predicted octanol–water partition coefficient (Wildman–Crippen LogP) is 1.79. The Kier molecular flexibility index (Phi) is 15.3. The second-order valence-electron chi connectivity index (χ2n) is 0.773. The second kappa shape index (κ2) is 9.95. The molecule has 0 fully saturated rings. The zero-order chi connectivity index (χ0) is 6.28. The average molecular weight is 176 g/mol. The van der Waals surface area contributed by atoms with Gasteiger partial charge in [0, 0.05) is 0 Å². The van der Waals surface area contributed by atoms with E-state index in [1.807, 2.05) is 0 Å². The van der Waals surface area contributed by atoms with Crippen molar-refractivity contribution in [3.8, 4) is 0 Å². The summed E-state index contributed by atoms with van der Waals surface area (Å²) in [5.74, 6) is -0.0833. The minimum atomic E-state index is -0.556. The fourth-order valence-corrected chi connectivity index (χ4v) is 0. The van der Waals surface area contributed by atoms with Gasteiger partial charge in [0.25, 0.3) is 0 Å². The second-order valence-corrected chi connectivity index (χ2v) is 3.35. The Hall–Kier alpha value is 0.834. The Morgan fingerprint density at radius 1 is 1.71 bits per heavy atom. The van der Waals surface area contributed by atoms with Crippen molar-refractivity contribution in [3.05, 3.63) is 6.92 Å². The van der Waals surface area contributed by atoms with Gasteiger partial charge in [0.15, 0.2) is 0 Å². The average Bonchev–Trinajstić information content (AvgIpc) is 1.33. The molecule has 0 bridgehead atoms. The van der Waals surface area contributed by atoms with Crippen LogP contribution in [0.5, 0.6) is 0 Å². The monoisotopic (exact) mass is 175 g/mol. The molecule has 0 aromatic carbocycles. The van der Waals surface area contributed by atoms with Crippen LogP contribution in [0.3, 0.4) is 0 Å². The fraction of sp³-hybridized carbons (Fsp3) is 0.333. The third-order valence-electron chi connectivity index (χ3n) is 0. The molecular formula is C3H5Cl2OTi-. The van der Waals surface area contributed by atoms with Crippen molar-refractivity contribution in [2.45, 2.75) is 6.92 Å². The quantitative estimate of drug-likeness (QED) is 0.406. The Bertz CT molecular complexity index is 44.2. The van der Waals surface area contributed by atoms with Crippen molar-refractivity contribution < 1.29 is 21.8 Å². The van der Waals surface area contributed by atoms with Gasteiger partial charge in [0.2, 0.25) is 0 Å². The molecule has 0 saturated carbocycles. The van der Waals surface area contributed by atoms with Crippen molar-refractivity contribution >= 4 is 24.4 Å². The maximum absolute atomic E-state index is 9.33. The Labute approximate surface area is 60.1 Å². The van der Waals surface area contributed by atoms with Crippen LogP contribution in [0.1, 0.15) is 6.92 Å². The van der Waals surface area contributed by atoms with Crippen LogP contribution >= 0.6 is 18.6 Å².